The Labute approximate surface area is 150 Å². The lowest BCUT2D eigenvalue weighted by Crippen LogP contribution is -2.02. The van der Waals surface area contributed by atoms with Crippen molar-refractivity contribution in [3.05, 3.63) is 68.8 Å². The maximum Gasteiger partial charge on any atom is 0.472 e. The molecule has 0 aromatic heterocycles. The van der Waals surface area contributed by atoms with E-state index in [0.717, 1.165) is 44.5 Å². The van der Waals surface area contributed by atoms with Crippen LogP contribution in [-0.4, -0.2) is 4.89 Å². The average Bonchev–Trinajstić information content (AvgIpc) is 2.44. The maximum atomic E-state index is 12.3. The molecule has 2 aromatic rings. The van der Waals surface area contributed by atoms with Crippen molar-refractivity contribution in [2.24, 2.45) is 0 Å². The first-order valence-electron chi connectivity index (χ1n) is 8.34. The molecule has 5 heteroatoms. The molecule has 0 aliphatic carbocycles. The molecular formula is C20H27O4P. The first kappa shape index (κ1) is 19.9. The molecule has 0 atom stereocenters. The molecule has 0 fully saturated rings. The van der Waals surface area contributed by atoms with E-state index in [1.165, 1.54) is 0 Å². The van der Waals surface area contributed by atoms with E-state index in [2.05, 4.69) is 0 Å². The molecule has 0 spiro atoms. The summed E-state index contributed by atoms with van der Waals surface area (Å²) in [7, 11) is -4.13. The molecule has 0 amide bonds. The quantitative estimate of drug-likeness (QED) is 0.702. The SMILES string of the molecule is Cc1cc(C)c(COP(=O)(O)OCc2c(C)cc(C)cc2C)c(C)c1. The molecule has 1 N–H and O–H groups in total. The van der Waals surface area contributed by atoms with Gasteiger partial charge in [-0.2, -0.15) is 0 Å². The van der Waals surface area contributed by atoms with Gasteiger partial charge >= 0.3 is 7.82 Å². The third-order valence-electron chi connectivity index (χ3n) is 4.42. The number of hydrogen-bond acceptors (Lipinski definition) is 3. The van der Waals surface area contributed by atoms with Gasteiger partial charge in [0.05, 0.1) is 13.2 Å². The van der Waals surface area contributed by atoms with E-state index in [1.807, 2.05) is 65.8 Å². The van der Waals surface area contributed by atoms with Crippen molar-refractivity contribution >= 4 is 7.82 Å². The summed E-state index contributed by atoms with van der Waals surface area (Å²) < 4.78 is 22.7. The topological polar surface area (TPSA) is 55.8 Å². The van der Waals surface area contributed by atoms with E-state index in [0.29, 0.717) is 0 Å². The van der Waals surface area contributed by atoms with E-state index < -0.39 is 7.82 Å². The Morgan fingerprint density at radius 1 is 0.720 bits per heavy atom. The molecule has 136 valence electrons. The number of rotatable bonds is 6. The minimum atomic E-state index is -4.13. The van der Waals surface area contributed by atoms with Crippen LogP contribution in [0.2, 0.25) is 0 Å². The first-order valence-corrected chi connectivity index (χ1v) is 9.84. The van der Waals surface area contributed by atoms with Crippen LogP contribution >= 0.6 is 7.82 Å². The van der Waals surface area contributed by atoms with Crippen LogP contribution in [-0.2, 0) is 26.8 Å². The summed E-state index contributed by atoms with van der Waals surface area (Å²) in [4.78, 5) is 10.0. The molecule has 0 heterocycles. The zero-order valence-corrected chi connectivity index (χ0v) is 16.7. The van der Waals surface area contributed by atoms with E-state index in [9.17, 15) is 9.46 Å². The number of phosphoric acid groups is 1. The minimum absolute atomic E-state index is 0.0532. The van der Waals surface area contributed by atoms with Crippen LogP contribution in [0.1, 0.15) is 44.5 Å². The van der Waals surface area contributed by atoms with Crippen LogP contribution in [0.5, 0.6) is 0 Å². The molecule has 0 aliphatic rings. The Bertz CT molecular complexity index is 715. The Kier molecular flexibility index (Phi) is 6.23. The summed E-state index contributed by atoms with van der Waals surface area (Å²) in [5.74, 6) is 0. The van der Waals surface area contributed by atoms with Gasteiger partial charge in [0.15, 0.2) is 0 Å². The van der Waals surface area contributed by atoms with Gasteiger partial charge in [-0.05, 0) is 74.9 Å². The van der Waals surface area contributed by atoms with Crippen LogP contribution in [0.4, 0.5) is 0 Å². The number of hydrogen-bond donors (Lipinski definition) is 1. The van der Waals surface area contributed by atoms with Crippen LogP contribution in [0.25, 0.3) is 0 Å². The molecule has 2 rings (SSSR count). The lowest BCUT2D eigenvalue weighted by atomic mass is 10.0. The predicted molar refractivity (Wildman–Crippen MR) is 101 cm³/mol. The molecule has 4 nitrogen and oxygen atoms in total. The first-order chi connectivity index (χ1) is 11.6. The molecular weight excluding hydrogens is 335 g/mol. The van der Waals surface area contributed by atoms with E-state index in [-0.39, 0.29) is 13.2 Å². The fraction of sp³-hybridized carbons (Fsp3) is 0.400. The largest absolute Gasteiger partial charge is 0.472 e. The molecule has 25 heavy (non-hydrogen) atoms. The number of phosphoric ester groups is 1. The molecule has 0 unspecified atom stereocenters. The summed E-state index contributed by atoms with van der Waals surface area (Å²) >= 11 is 0. The Morgan fingerprint density at radius 2 is 1.00 bits per heavy atom. The van der Waals surface area contributed by atoms with Gasteiger partial charge in [-0.1, -0.05) is 35.4 Å². The summed E-state index contributed by atoms with van der Waals surface area (Å²) in [5, 5.41) is 0. The second-order valence-corrected chi connectivity index (χ2v) is 8.22. The lowest BCUT2D eigenvalue weighted by Gasteiger charge is -2.17. The second kappa shape index (κ2) is 7.84. The van der Waals surface area contributed by atoms with Gasteiger partial charge < -0.3 is 4.89 Å². The zero-order valence-electron chi connectivity index (χ0n) is 15.8. The van der Waals surface area contributed by atoms with Gasteiger partial charge in [-0.3, -0.25) is 9.05 Å². The maximum absolute atomic E-state index is 12.3. The van der Waals surface area contributed by atoms with Gasteiger partial charge in [0.25, 0.3) is 0 Å². The highest BCUT2D eigenvalue weighted by Gasteiger charge is 2.23. The van der Waals surface area contributed by atoms with Crippen molar-refractivity contribution in [3.8, 4) is 0 Å². The highest BCUT2D eigenvalue weighted by molar-refractivity contribution is 7.47. The predicted octanol–water partition coefficient (Wildman–Crippen LogP) is 5.37. The van der Waals surface area contributed by atoms with Crippen LogP contribution < -0.4 is 0 Å². The summed E-state index contributed by atoms with van der Waals surface area (Å²) in [6.45, 7) is 12.0. The lowest BCUT2D eigenvalue weighted by molar-refractivity contribution is 0.137. The van der Waals surface area contributed by atoms with Crippen molar-refractivity contribution in [1.82, 2.24) is 0 Å². The van der Waals surface area contributed by atoms with E-state index in [4.69, 9.17) is 9.05 Å². The summed E-state index contributed by atoms with van der Waals surface area (Å²) in [5.41, 5.74) is 8.34. The molecule has 0 saturated heterocycles. The van der Waals surface area contributed by atoms with Crippen molar-refractivity contribution in [3.63, 3.8) is 0 Å². The highest BCUT2D eigenvalue weighted by atomic mass is 31.2. The van der Waals surface area contributed by atoms with Crippen molar-refractivity contribution in [2.45, 2.75) is 54.8 Å². The summed E-state index contributed by atoms with van der Waals surface area (Å²) in [6.07, 6.45) is 0. The third kappa shape index (κ3) is 5.26. The third-order valence-corrected chi connectivity index (χ3v) is 5.34. The number of benzene rings is 2. The van der Waals surface area contributed by atoms with Crippen molar-refractivity contribution < 1.29 is 18.5 Å². The fourth-order valence-corrected chi connectivity index (χ4v) is 3.86. The molecule has 0 radical (unpaired) electrons. The second-order valence-electron chi connectivity index (χ2n) is 6.77. The van der Waals surface area contributed by atoms with E-state index in [1.54, 1.807) is 0 Å². The normalized spacial score (nSPS) is 11.8. The van der Waals surface area contributed by atoms with E-state index >= 15 is 0 Å². The van der Waals surface area contributed by atoms with Gasteiger partial charge in [0.1, 0.15) is 0 Å². The summed E-state index contributed by atoms with van der Waals surface area (Å²) in [6, 6.07) is 8.14. The van der Waals surface area contributed by atoms with Crippen LogP contribution in [0.3, 0.4) is 0 Å². The average molecular weight is 362 g/mol. The molecule has 0 aliphatic heterocycles. The van der Waals surface area contributed by atoms with Crippen molar-refractivity contribution in [1.29, 1.82) is 0 Å². The Hall–Kier alpha value is -1.45. The standard InChI is InChI=1S/C20H27O4P/c1-13-7-15(3)19(16(4)8-13)11-23-25(21,22)24-12-20-17(5)9-14(2)10-18(20)6/h7-10H,11-12H2,1-6H3,(H,21,22). The van der Waals surface area contributed by atoms with Crippen LogP contribution in [0, 0.1) is 41.5 Å². The molecule has 2 aromatic carbocycles. The minimum Gasteiger partial charge on any atom is -0.302 e. The zero-order chi connectivity index (χ0) is 18.8. The van der Waals surface area contributed by atoms with Gasteiger partial charge in [-0.15, -0.1) is 0 Å². The highest BCUT2D eigenvalue weighted by Crippen LogP contribution is 2.45. The Morgan fingerprint density at radius 3 is 1.28 bits per heavy atom. The fourth-order valence-electron chi connectivity index (χ4n) is 3.20. The monoisotopic (exact) mass is 362 g/mol. The Balaban J connectivity index is 2.05. The smallest absolute Gasteiger partial charge is 0.302 e. The van der Waals surface area contributed by atoms with Crippen molar-refractivity contribution in [2.75, 3.05) is 0 Å². The molecule has 0 bridgehead atoms. The van der Waals surface area contributed by atoms with Gasteiger partial charge in [0.2, 0.25) is 0 Å². The number of aryl methyl sites for hydroxylation is 6. The van der Waals surface area contributed by atoms with Crippen LogP contribution in [0.15, 0.2) is 24.3 Å². The van der Waals surface area contributed by atoms with Gasteiger partial charge in [-0.25, -0.2) is 4.57 Å². The molecule has 0 saturated carbocycles. The van der Waals surface area contributed by atoms with Gasteiger partial charge in [0, 0.05) is 0 Å².